The summed E-state index contributed by atoms with van der Waals surface area (Å²) in [6, 6.07) is 2.10. The number of aromatic nitrogens is 3. The van der Waals surface area contributed by atoms with Gasteiger partial charge in [-0.15, -0.1) is 23.7 Å². The lowest BCUT2D eigenvalue weighted by Gasteiger charge is -2.22. The molecule has 2 aromatic heterocycles. The molecule has 23 heavy (non-hydrogen) atoms. The number of hydrogen-bond donors (Lipinski definition) is 2. The van der Waals surface area contributed by atoms with Gasteiger partial charge >= 0.3 is 0 Å². The van der Waals surface area contributed by atoms with E-state index in [1.165, 1.54) is 11.3 Å². The Labute approximate surface area is 146 Å². The van der Waals surface area contributed by atoms with Crippen LogP contribution in [0.2, 0.25) is 0 Å². The van der Waals surface area contributed by atoms with E-state index in [4.69, 9.17) is 0 Å². The van der Waals surface area contributed by atoms with Crippen molar-refractivity contribution < 1.29 is 4.79 Å². The Bertz CT molecular complexity index is 648. The first-order chi connectivity index (χ1) is 10.6. The number of amides is 1. The Morgan fingerprint density at radius 2 is 2.35 bits per heavy atom. The minimum atomic E-state index is -0.202. The van der Waals surface area contributed by atoms with Gasteiger partial charge in [0.15, 0.2) is 10.8 Å². The molecule has 3 heterocycles. The molecule has 2 N–H and O–H groups in total. The molecule has 8 heteroatoms. The Hall–Kier alpha value is -1.44. The second-order valence-corrected chi connectivity index (χ2v) is 6.92. The first-order valence-electron chi connectivity index (χ1n) is 7.66. The number of nitrogens with zero attached hydrogens (tertiary/aromatic N) is 3. The van der Waals surface area contributed by atoms with Crippen LogP contribution >= 0.6 is 23.7 Å². The summed E-state index contributed by atoms with van der Waals surface area (Å²) in [6.07, 6.45) is 5.94. The van der Waals surface area contributed by atoms with Gasteiger partial charge in [-0.2, -0.15) is 5.10 Å². The van der Waals surface area contributed by atoms with Crippen LogP contribution in [-0.2, 0) is 0 Å². The van der Waals surface area contributed by atoms with E-state index in [-0.39, 0.29) is 18.3 Å². The van der Waals surface area contributed by atoms with Gasteiger partial charge in [-0.3, -0.25) is 14.8 Å². The highest BCUT2D eigenvalue weighted by molar-refractivity contribution is 7.15. The summed E-state index contributed by atoms with van der Waals surface area (Å²) in [5, 5.41) is 11.2. The number of anilines is 1. The summed E-state index contributed by atoms with van der Waals surface area (Å²) < 4.78 is 1.89. The van der Waals surface area contributed by atoms with Crippen molar-refractivity contribution in [2.75, 3.05) is 18.4 Å². The van der Waals surface area contributed by atoms with Crippen LogP contribution in [0.15, 0.2) is 18.5 Å². The Kier molecular flexibility index (Phi) is 6.15. The highest BCUT2D eigenvalue weighted by Crippen LogP contribution is 2.25. The quantitative estimate of drug-likeness (QED) is 0.884. The maximum Gasteiger partial charge on any atom is 0.277 e. The van der Waals surface area contributed by atoms with Crippen molar-refractivity contribution in [3.63, 3.8) is 0 Å². The molecule has 6 nitrogen and oxygen atoms in total. The first kappa shape index (κ1) is 17.9. The third-order valence-corrected chi connectivity index (χ3v) is 5.01. The molecular weight excluding hydrogens is 334 g/mol. The fraction of sp³-hybridized carbons (Fsp3) is 0.533. The predicted octanol–water partition coefficient (Wildman–Crippen LogP) is 3.06. The maximum atomic E-state index is 12.3. The normalized spacial score (nSPS) is 17.8. The van der Waals surface area contributed by atoms with Gasteiger partial charge in [0.05, 0.1) is 6.04 Å². The Morgan fingerprint density at radius 3 is 3.00 bits per heavy atom. The number of thiazole rings is 1. The van der Waals surface area contributed by atoms with Crippen LogP contribution in [0.3, 0.4) is 0 Å². The van der Waals surface area contributed by atoms with E-state index in [9.17, 15) is 4.79 Å². The molecule has 0 spiro atoms. The first-order valence-corrected chi connectivity index (χ1v) is 8.48. The number of piperidine rings is 1. The summed E-state index contributed by atoms with van der Waals surface area (Å²) in [6.45, 7) is 6.19. The number of nitrogens with one attached hydrogen (secondary N) is 2. The molecule has 2 aromatic rings. The minimum absolute atomic E-state index is 0. The summed E-state index contributed by atoms with van der Waals surface area (Å²) >= 11 is 1.51. The average molecular weight is 356 g/mol. The van der Waals surface area contributed by atoms with Crippen molar-refractivity contribution in [3.8, 4) is 0 Å². The van der Waals surface area contributed by atoms with Crippen molar-refractivity contribution in [3.05, 3.63) is 29.0 Å². The maximum absolute atomic E-state index is 12.3. The zero-order valence-corrected chi connectivity index (χ0v) is 14.9. The molecule has 0 radical (unpaired) electrons. The Morgan fingerprint density at radius 1 is 1.52 bits per heavy atom. The van der Waals surface area contributed by atoms with E-state index in [1.807, 2.05) is 17.1 Å². The van der Waals surface area contributed by atoms with Gasteiger partial charge in [0.1, 0.15) is 0 Å². The Balaban J connectivity index is 0.00000192. The monoisotopic (exact) mass is 355 g/mol. The SMILES string of the molecule is CC(C)c1cnc(NC(=O)c2ccn(C3CCCNC3)n2)s1.Cl. The van der Waals surface area contributed by atoms with Crippen molar-refractivity contribution >= 4 is 34.8 Å². The number of hydrogen-bond acceptors (Lipinski definition) is 5. The highest BCUT2D eigenvalue weighted by atomic mass is 35.5. The lowest BCUT2D eigenvalue weighted by molar-refractivity contribution is 0.102. The molecule has 0 bridgehead atoms. The van der Waals surface area contributed by atoms with Crippen LogP contribution < -0.4 is 10.6 Å². The van der Waals surface area contributed by atoms with Crippen LogP contribution in [-0.4, -0.2) is 33.8 Å². The molecular formula is C15H22ClN5OS. The predicted molar refractivity (Wildman–Crippen MR) is 94.8 cm³/mol. The number of carbonyl (C=O) groups excluding carboxylic acids is 1. The fourth-order valence-corrected chi connectivity index (χ4v) is 3.31. The molecule has 1 aliphatic heterocycles. The molecule has 1 saturated heterocycles. The molecule has 126 valence electrons. The number of rotatable bonds is 4. The highest BCUT2D eigenvalue weighted by Gasteiger charge is 2.18. The molecule has 0 saturated carbocycles. The topological polar surface area (TPSA) is 71.8 Å². The van der Waals surface area contributed by atoms with E-state index in [1.54, 1.807) is 6.07 Å². The molecule has 0 aromatic carbocycles. The molecule has 0 aliphatic carbocycles. The van der Waals surface area contributed by atoms with E-state index < -0.39 is 0 Å². The summed E-state index contributed by atoms with van der Waals surface area (Å²) in [5.41, 5.74) is 0.437. The van der Waals surface area contributed by atoms with Crippen molar-refractivity contribution in [2.24, 2.45) is 0 Å². The molecule has 3 rings (SSSR count). The third-order valence-electron chi connectivity index (χ3n) is 3.80. The molecule has 1 atom stereocenters. The van der Waals surface area contributed by atoms with Crippen molar-refractivity contribution in [2.45, 2.75) is 38.6 Å². The zero-order chi connectivity index (χ0) is 15.5. The third kappa shape index (κ3) is 4.31. The van der Waals surface area contributed by atoms with E-state index in [0.717, 1.165) is 30.8 Å². The lowest BCUT2D eigenvalue weighted by Crippen LogP contribution is -2.32. The van der Waals surface area contributed by atoms with Crippen LogP contribution in [0.25, 0.3) is 0 Å². The van der Waals surface area contributed by atoms with Gasteiger partial charge in [0.2, 0.25) is 0 Å². The van der Waals surface area contributed by atoms with Crippen LogP contribution in [0.4, 0.5) is 5.13 Å². The van der Waals surface area contributed by atoms with Crippen LogP contribution in [0, 0.1) is 0 Å². The van der Waals surface area contributed by atoms with E-state index >= 15 is 0 Å². The van der Waals surface area contributed by atoms with Crippen LogP contribution in [0.1, 0.15) is 54.0 Å². The van der Waals surface area contributed by atoms with Gasteiger partial charge < -0.3 is 5.32 Å². The largest absolute Gasteiger partial charge is 0.315 e. The second-order valence-electron chi connectivity index (χ2n) is 5.86. The van der Waals surface area contributed by atoms with Gasteiger partial charge in [0.25, 0.3) is 5.91 Å². The summed E-state index contributed by atoms with van der Waals surface area (Å²) in [5.74, 6) is 0.216. The fourth-order valence-electron chi connectivity index (χ4n) is 2.49. The zero-order valence-electron chi connectivity index (χ0n) is 13.3. The lowest BCUT2D eigenvalue weighted by atomic mass is 10.1. The van der Waals surface area contributed by atoms with Gasteiger partial charge in [-0.05, 0) is 31.4 Å². The summed E-state index contributed by atoms with van der Waals surface area (Å²) in [4.78, 5) is 17.7. The van der Waals surface area contributed by atoms with Gasteiger partial charge in [-0.1, -0.05) is 13.8 Å². The smallest absolute Gasteiger partial charge is 0.277 e. The molecule has 1 aliphatic rings. The van der Waals surface area contributed by atoms with Crippen molar-refractivity contribution in [1.29, 1.82) is 0 Å². The minimum Gasteiger partial charge on any atom is -0.315 e. The van der Waals surface area contributed by atoms with E-state index in [2.05, 4.69) is 34.6 Å². The van der Waals surface area contributed by atoms with Gasteiger partial charge in [-0.25, -0.2) is 4.98 Å². The number of carbonyl (C=O) groups is 1. The van der Waals surface area contributed by atoms with E-state index in [0.29, 0.717) is 22.8 Å². The number of halogens is 1. The summed E-state index contributed by atoms with van der Waals surface area (Å²) in [7, 11) is 0. The molecule has 1 unspecified atom stereocenters. The average Bonchev–Trinajstić information content (AvgIpc) is 3.17. The standard InChI is InChI=1S/C15H21N5OS.ClH/c1-10(2)13-9-17-15(22-13)18-14(21)12-5-7-20(19-12)11-4-3-6-16-8-11;/h5,7,9-11,16H,3-4,6,8H2,1-2H3,(H,17,18,21);1H. The van der Waals surface area contributed by atoms with Crippen LogP contribution in [0.5, 0.6) is 0 Å². The van der Waals surface area contributed by atoms with Gasteiger partial charge in [0, 0.05) is 23.8 Å². The molecule has 1 fully saturated rings. The molecule has 1 amide bonds. The second kappa shape index (κ2) is 7.90. The van der Waals surface area contributed by atoms with Crippen molar-refractivity contribution in [1.82, 2.24) is 20.1 Å².